The fraction of sp³-hybridized carbons (Fsp3) is 0.308. The third kappa shape index (κ3) is 3.04. The molecule has 0 aliphatic heterocycles. The van der Waals surface area contributed by atoms with Crippen molar-refractivity contribution in [3.8, 4) is 0 Å². The van der Waals surface area contributed by atoms with Crippen LogP contribution in [0, 0.1) is 6.92 Å². The number of rotatable bonds is 2. The smallest absolute Gasteiger partial charge is 0.0750 e. The lowest BCUT2D eigenvalue weighted by Crippen LogP contribution is -1.92. The summed E-state index contributed by atoms with van der Waals surface area (Å²) in [5, 5.41) is 2.38. The molecule has 0 radical (unpaired) electrons. The van der Waals surface area contributed by atoms with Crippen LogP contribution in [0.1, 0.15) is 24.6 Å². The van der Waals surface area contributed by atoms with Gasteiger partial charge < -0.3 is 0 Å². The van der Waals surface area contributed by atoms with Gasteiger partial charge in [-0.25, -0.2) is 0 Å². The van der Waals surface area contributed by atoms with Gasteiger partial charge in [0, 0.05) is 16.1 Å². The average Bonchev–Trinajstić information content (AvgIpc) is 2.20. The Morgan fingerprint density at radius 1 is 1.18 bits per heavy atom. The van der Waals surface area contributed by atoms with E-state index >= 15 is 0 Å². The summed E-state index contributed by atoms with van der Waals surface area (Å²) in [6.45, 7) is 4.14. The van der Waals surface area contributed by atoms with Gasteiger partial charge in [-0.1, -0.05) is 36.5 Å². The molecular formula is C13H14Cl3N. The van der Waals surface area contributed by atoms with Gasteiger partial charge >= 0.3 is 0 Å². The van der Waals surface area contributed by atoms with Gasteiger partial charge in [-0.2, -0.15) is 0 Å². The van der Waals surface area contributed by atoms with Crippen LogP contribution >= 0.6 is 35.6 Å². The van der Waals surface area contributed by atoms with Crippen molar-refractivity contribution in [3.05, 3.63) is 39.5 Å². The molecule has 1 heterocycles. The van der Waals surface area contributed by atoms with Crippen molar-refractivity contribution in [3.63, 3.8) is 0 Å². The van der Waals surface area contributed by atoms with Gasteiger partial charge in [-0.15, -0.1) is 12.4 Å². The largest absolute Gasteiger partial charge is 0.252 e. The minimum Gasteiger partial charge on any atom is -0.252 e. The first-order valence-electron chi connectivity index (χ1n) is 5.37. The van der Waals surface area contributed by atoms with E-state index in [1.54, 1.807) is 0 Å². The molecule has 0 atom stereocenters. The number of aromatic nitrogens is 1. The predicted molar refractivity (Wildman–Crippen MR) is 77.7 cm³/mol. The van der Waals surface area contributed by atoms with Crippen molar-refractivity contribution in [1.82, 2.24) is 4.98 Å². The molecule has 1 nitrogen and oxygen atoms in total. The molecule has 0 N–H and O–H groups in total. The summed E-state index contributed by atoms with van der Waals surface area (Å²) in [4.78, 5) is 4.62. The van der Waals surface area contributed by atoms with Crippen LogP contribution < -0.4 is 0 Å². The number of benzene rings is 1. The molecule has 92 valence electrons. The molecule has 0 bridgehead atoms. The summed E-state index contributed by atoms with van der Waals surface area (Å²) >= 11 is 12.3. The first-order chi connectivity index (χ1) is 7.61. The molecule has 0 fully saturated rings. The van der Waals surface area contributed by atoms with E-state index in [2.05, 4.69) is 11.9 Å². The highest BCUT2D eigenvalue weighted by Crippen LogP contribution is 2.29. The Morgan fingerprint density at radius 2 is 1.88 bits per heavy atom. The predicted octanol–water partition coefficient (Wildman–Crippen LogP) is 5.22. The van der Waals surface area contributed by atoms with Gasteiger partial charge in [0.25, 0.3) is 0 Å². The Kier molecular flexibility index (Phi) is 5.05. The van der Waals surface area contributed by atoms with Crippen molar-refractivity contribution >= 4 is 46.5 Å². The Morgan fingerprint density at radius 3 is 2.53 bits per heavy atom. The zero-order chi connectivity index (χ0) is 11.7. The molecule has 0 saturated carbocycles. The monoisotopic (exact) mass is 289 g/mol. The van der Waals surface area contributed by atoms with Crippen LogP contribution in [0.25, 0.3) is 10.9 Å². The van der Waals surface area contributed by atoms with E-state index in [0.29, 0.717) is 5.02 Å². The van der Waals surface area contributed by atoms with E-state index in [-0.39, 0.29) is 12.4 Å². The summed E-state index contributed by atoms with van der Waals surface area (Å²) < 4.78 is 0. The zero-order valence-corrected chi connectivity index (χ0v) is 12.1. The van der Waals surface area contributed by atoms with Crippen LogP contribution in [-0.2, 0) is 6.42 Å². The molecule has 4 heteroatoms. The fourth-order valence-corrected chi connectivity index (χ4v) is 2.39. The number of fused-ring (bicyclic) bond motifs is 1. The number of hydrogen-bond acceptors (Lipinski definition) is 1. The van der Waals surface area contributed by atoms with Gasteiger partial charge in [0.2, 0.25) is 0 Å². The van der Waals surface area contributed by atoms with Crippen LogP contribution in [-0.4, -0.2) is 4.98 Å². The maximum Gasteiger partial charge on any atom is 0.0750 e. The Bertz CT molecular complexity index is 538. The minimum absolute atomic E-state index is 0. The second-order valence-corrected chi connectivity index (χ2v) is 4.81. The normalized spacial score (nSPS) is 10.4. The second kappa shape index (κ2) is 5.90. The molecule has 0 aliphatic carbocycles. The quantitative estimate of drug-likeness (QED) is 0.738. The maximum atomic E-state index is 6.24. The molecular weight excluding hydrogens is 277 g/mol. The minimum atomic E-state index is 0. The number of halogens is 3. The zero-order valence-electron chi connectivity index (χ0n) is 9.76. The standard InChI is InChI=1S/C13H13Cl2N.ClH/c1-3-4-10-7-12(15)11-6-9(14)5-8(2)13(11)16-10;/h5-7H,3-4H2,1-2H3;1H. The molecule has 1 aromatic carbocycles. The molecule has 0 amide bonds. The Hall–Kier alpha value is -0.500. The second-order valence-electron chi connectivity index (χ2n) is 3.96. The molecule has 2 rings (SSSR count). The summed E-state index contributed by atoms with van der Waals surface area (Å²) in [5.41, 5.74) is 3.08. The van der Waals surface area contributed by atoms with Crippen LogP contribution in [0.3, 0.4) is 0 Å². The van der Waals surface area contributed by atoms with Gasteiger partial charge in [-0.3, -0.25) is 4.98 Å². The van der Waals surface area contributed by atoms with Crippen molar-refractivity contribution in [2.45, 2.75) is 26.7 Å². The Balaban J connectivity index is 0.00000144. The van der Waals surface area contributed by atoms with E-state index in [4.69, 9.17) is 23.2 Å². The fourth-order valence-electron chi connectivity index (χ4n) is 1.85. The van der Waals surface area contributed by atoms with Crippen LogP contribution in [0.4, 0.5) is 0 Å². The number of pyridine rings is 1. The molecule has 1 aromatic heterocycles. The Labute approximate surface area is 118 Å². The van der Waals surface area contributed by atoms with Gasteiger partial charge in [0.15, 0.2) is 0 Å². The van der Waals surface area contributed by atoms with Gasteiger partial charge in [-0.05, 0) is 37.1 Å². The summed E-state index contributed by atoms with van der Waals surface area (Å²) in [7, 11) is 0. The van der Waals surface area contributed by atoms with Gasteiger partial charge in [0.05, 0.1) is 10.5 Å². The summed E-state index contributed by atoms with van der Waals surface area (Å²) in [6.07, 6.45) is 2.03. The topological polar surface area (TPSA) is 12.9 Å². The van der Waals surface area contributed by atoms with E-state index in [0.717, 1.165) is 40.0 Å². The maximum absolute atomic E-state index is 6.24. The van der Waals surface area contributed by atoms with Crippen molar-refractivity contribution in [2.24, 2.45) is 0 Å². The first-order valence-corrected chi connectivity index (χ1v) is 6.12. The van der Waals surface area contributed by atoms with Crippen LogP contribution in [0.15, 0.2) is 18.2 Å². The lowest BCUT2D eigenvalue weighted by molar-refractivity contribution is 0.889. The SMILES string of the molecule is CCCc1cc(Cl)c2cc(Cl)cc(C)c2n1.Cl. The first kappa shape index (κ1) is 14.6. The lowest BCUT2D eigenvalue weighted by Gasteiger charge is -2.07. The highest BCUT2D eigenvalue weighted by atomic mass is 35.5. The van der Waals surface area contributed by atoms with E-state index in [1.807, 2.05) is 25.1 Å². The third-order valence-corrected chi connectivity index (χ3v) is 3.11. The summed E-state index contributed by atoms with van der Waals surface area (Å²) in [6, 6.07) is 5.72. The molecule has 0 spiro atoms. The molecule has 17 heavy (non-hydrogen) atoms. The molecule has 0 saturated heterocycles. The highest BCUT2D eigenvalue weighted by molar-refractivity contribution is 6.36. The van der Waals surface area contributed by atoms with Crippen LogP contribution in [0.5, 0.6) is 0 Å². The number of nitrogens with zero attached hydrogens (tertiary/aromatic N) is 1. The molecule has 0 unspecified atom stereocenters. The number of aryl methyl sites for hydroxylation is 2. The molecule has 0 aliphatic rings. The van der Waals surface area contributed by atoms with E-state index in [1.165, 1.54) is 0 Å². The van der Waals surface area contributed by atoms with E-state index in [9.17, 15) is 0 Å². The van der Waals surface area contributed by atoms with Crippen LogP contribution in [0.2, 0.25) is 10.0 Å². The van der Waals surface area contributed by atoms with Crippen molar-refractivity contribution in [1.29, 1.82) is 0 Å². The summed E-state index contributed by atoms with van der Waals surface area (Å²) in [5.74, 6) is 0. The third-order valence-electron chi connectivity index (χ3n) is 2.58. The van der Waals surface area contributed by atoms with Crippen molar-refractivity contribution < 1.29 is 0 Å². The van der Waals surface area contributed by atoms with Crippen molar-refractivity contribution in [2.75, 3.05) is 0 Å². The lowest BCUT2D eigenvalue weighted by atomic mass is 10.1. The molecule has 2 aromatic rings. The average molecular weight is 291 g/mol. The number of hydrogen-bond donors (Lipinski definition) is 0. The highest BCUT2D eigenvalue weighted by Gasteiger charge is 2.07. The van der Waals surface area contributed by atoms with E-state index < -0.39 is 0 Å². The van der Waals surface area contributed by atoms with Gasteiger partial charge in [0.1, 0.15) is 0 Å².